The van der Waals surface area contributed by atoms with Crippen LogP contribution in [0.2, 0.25) is 0 Å². The molecule has 1 heterocycles. The standard InChI is InChI=1S/C11H7F5N2O/c1-19-7-2-8(12)10(9(13)3-7)18-5-6(4-17-18)11(14,15)16/h2-5H,1H3. The number of halogens is 5. The van der Waals surface area contributed by atoms with Crippen molar-refractivity contribution in [1.29, 1.82) is 0 Å². The lowest BCUT2D eigenvalue weighted by Gasteiger charge is -2.07. The number of hydrogen-bond donors (Lipinski definition) is 0. The number of alkyl halides is 3. The zero-order valence-electron chi connectivity index (χ0n) is 9.50. The molecule has 0 fully saturated rings. The quantitative estimate of drug-likeness (QED) is 0.789. The van der Waals surface area contributed by atoms with Crippen LogP contribution >= 0.6 is 0 Å². The summed E-state index contributed by atoms with van der Waals surface area (Å²) >= 11 is 0. The Morgan fingerprint density at radius 1 is 1.16 bits per heavy atom. The molecule has 0 radical (unpaired) electrons. The van der Waals surface area contributed by atoms with Crippen molar-refractivity contribution in [2.24, 2.45) is 0 Å². The first-order valence-electron chi connectivity index (χ1n) is 4.98. The predicted molar refractivity (Wildman–Crippen MR) is 55.0 cm³/mol. The summed E-state index contributed by atoms with van der Waals surface area (Å²) in [5.74, 6) is -2.23. The minimum absolute atomic E-state index is 0.0815. The average Bonchev–Trinajstić information content (AvgIpc) is 2.76. The second-order valence-corrected chi connectivity index (χ2v) is 3.61. The van der Waals surface area contributed by atoms with Crippen molar-refractivity contribution in [3.05, 3.63) is 41.7 Å². The second kappa shape index (κ2) is 4.52. The topological polar surface area (TPSA) is 27.1 Å². The Labute approximate surface area is 104 Å². The highest BCUT2D eigenvalue weighted by Crippen LogP contribution is 2.30. The van der Waals surface area contributed by atoms with Crippen LogP contribution in [0.5, 0.6) is 5.75 Å². The summed E-state index contributed by atoms with van der Waals surface area (Å²) in [5, 5.41) is 3.31. The van der Waals surface area contributed by atoms with Crippen LogP contribution in [-0.4, -0.2) is 16.9 Å². The molecule has 0 aliphatic heterocycles. The van der Waals surface area contributed by atoms with Gasteiger partial charge >= 0.3 is 6.18 Å². The second-order valence-electron chi connectivity index (χ2n) is 3.61. The van der Waals surface area contributed by atoms with Crippen molar-refractivity contribution < 1.29 is 26.7 Å². The van der Waals surface area contributed by atoms with Crippen LogP contribution in [0.4, 0.5) is 22.0 Å². The van der Waals surface area contributed by atoms with E-state index in [2.05, 4.69) is 9.84 Å². The fourth-order valence-electron chi connectivity index (χ4n) is 1.47. The van der Waals surface area contributed by atoms with Gasteiger partial charge in [-0.3, -0.25) is 0 Å². The number of methoxy groups -OCH3 is 1. The first-order valence-corrected chi connectivity index (χ1v) is 4.98. The molecule has 1 aromatic heterocycles. The maximum Gasteiger partial charge on any atom is 0.419 e. The van der Waals surface area contributed by atoms with Crippen LogP contribution in [0.15, 0.2) is 24.5 Å². The molecule has 19 heavy (non-hydrogen) atoms. The minimum atomic E-state index is -4.63. The molecule has 0 amide bonds. The van der Waals surface area contributed by atoms with Crippen LogP contribution in [0.25, 0.3) is 5.69 Å². The van der Waals surface area contributed by atoms with E-state index in [9.17, 15) is 22.0 Å². The van der Waals surface area contributed by atoms with Crippen LogP contribution in [0.3, 0.4) is 0 Å². The molecule has 0 unspecified atom stereocenters. The van der Waals surface area contributed by atoms with E-state index in [1.54, 1.807) is 0 Å². The molecular weight excluding hydrogens is 271 g/mol. The van der Waals surface area contributed by atoms with Gasteiger partial charge in [0.1, 0.15) is 11.4 Å². The lowest BCUT2D eigenvalue weighted by atomic mass is 10.2. The van der Waals surface area contributed by atoms with Gasteiger partial charge in [-0.25, -0.2) is 13.5 Å². The number of rotatable bonds is 2. The molecule has 0 saturated carbocycles. The third-order valence-electron chi connectivity index (χ3n) is 2.37. The highest BCUT2D eigenvalue weighted by molar-refractivity contribution is 5.40. The average molecular weight is 278 g/mol. The lowest BCUT2D eigenvalue weighted by Crippen LogP contribution is -2.05. The molecule has 3 nitrogen and oxygen atoms in total. The lowest BCUT2D eigenvalue weighted by molar-refractivity contribution is -0.137. The molecule has 8 heteroatoms. The fraction of sp³-hybridized carbons (Fsp3) is 0.182. The maximum absolute atomic E-state index is 13.6. The Bertz CT molecular complexity index is 582. The van der Waals surface area contributed by atoms with Crippen molar-refractivity contribution in [3.8, 4) is 11.4 Å². The van der Waals surface area contributed by atoms with Gasteiger partial charge in [0.15, 0.2) is 11.6 Å². The Balaban J connectivity index is 2.51. The van der Waals surface area contributed by atoms with Gasteiger partial charge in [0.05, 0.1) is 18.9 Å². The van der Waals surface area contributed by atoms with Gasteiger partial charge in [0.25, 0.3) is 0 Å². The molecule has 0 bridgehead atoms. The molecule has 0 aliphatic rings. The molecule has 0 spiro atoms. The fourth-order valence-corrected chi connectivity index (χ4v) is 1.47. The maximum atomic E-state index is 13.6. The number of ether oxygens (including phenoxy) is 1. The zero-order chi connectivity index (χ0) is 14.2. The Hall–Kier alpha value is -2.12. The van der Waals surface area contributed by atoms with Crippen molar-refractivity contribution in [2.75, 3.05) is 7.11 Å². The summed E-state index contributed by atoms with van der Waals surface area (Å²) < 4.78 is 69.5. The number of benzene rings is 1. The van der Waals surface area contributed by atoms with Crippen LogP contribution in [-0.2, 0) is 6.18 Å². The summed E-state index contributed by atoms with van der Waals surface area (Å²) in [7, 11) is 1.21. The van der Waals surface area contributed by atoms with Gasteiger partial charge in [-0.2, -0.15) is 18.3 Å². The number of nitrogens with zero attached hydrogens (tertiary/aromatic N) is 2. The van der Waals surface area contributed by atoms with Gasteiger partial charge in [0.2, 0.25) is 0 Å². The van der Waals surface area contributed by atoms with E-state index < -0.39 is 29.1 Å². The van der Waals surface area contributed by atoms with Crippen molar-refractivity contribution in [2.45, 2.75) is 6.18 Å². The minimum Gasteiger partial charge on any atom is -0.497 e. The van der Waals surface area contributed by atoms with Crippen LogP contribution < -0.4 is 4.74 Å². The molecule has 102 valence electrons. The molecular formula is C11H7F5N2O. The van der Waals surface area contributed by atoms with Crippen LogP contribution in [0, 0.1) is 11.6 Å². The van der Waals surface area contributed by atoms with E-state index in [0.717, 1.165) is 12.1 Å². The summed E-state index contributed by atoms with van der Waals surface area (Å²) in [5.41, 5.74) is -1.79. The highest BCUT2D eigenvalue weighted by Gasteiger charge is 2.32. The smallest absolute Gasteiger partial charge is 0.419 e. The van der Waals surface area contributed by atoms with Crippen molar-refractivity contribution in [1.82, 2.24) is 9.78 Å². The largest absolute Gasteiger partial charge is 0.497 e. The van der Waals surface area contributed by atoms with E-state index in [-0.39, 0.29) is 5.75 Å². The van der Waals surface area contributed by atoms with Crippen molar-refractivity contribution in [3.63, 3.8) is 0 Å². The summed E-state index contributed by atoms with van der Waals surface area (Å²) in [6, 6.07) is 1.71. The van der Waals surface area contributed by atoms with E-state index >= 15 is 0 Å². The first kappa shape index (κ1) is 13.3. The first-order chi connectivity index (χ1) is 8.82. The summed E-state index contributed by atoms with van der Waals surface area (Å²) in [6.07, 6.45) is -3.63. The van der Waals surface area contributed by atoms with Gasteiger partial charge in [-0.05, 0) is 0 Å². The van der Waals surface area contributed by atoms with Gasteiger partial charge in [-0.15, -0.1) is 0 Å². The molecule has 0 saturated heterocycles. The van der Waals surface area contributed by atoms with Crippen molar-refractivity contribution >= 4 is 0 Å². The molecule has 2 rings (SSSR count). The summed E-state index contributed by atoms with van der Waals surface area (Å²) in [6.45, 7) is 0. The van der Waals surface area contributed by atoms with E-state index in [1.165, 1.54) is 7.11 Å². The Morgan fingerprint density at radius 3 is 2.16 bits per heavy atom. The molecule has 1 aromatic carbocycles. The third-order valence-corrected chi connectivity index (χ3v) is 2.37. The number of hydrogen-bond acceptors (Lipinski definition) is 2. The third kappa shape index (κ3) is 2.51. The predicted octanol–water partition coefficient (Wildman–Crippen LogP) is 3.18. The normalized spacial score (nSPS) is 11.7. The summed E-state index contributed by atoms with van der Waals surface area (Å²) in [4.78, 5) is 0. The van der Waals surface area contributed by atoms with E-state index in [0.29, 0.717) is 17.1 Å². The Morgan fingerprint density at radius 2 is 1.74 bits per heavy atom. The van der Waals surface area contributed by atoms with Gasteiger partial charge in [0, 0.05) is 18.3 Å². The molecule has 0 atom stereocenters. The van der Waals surface area contributed by atoms with Gasteiger partial charge in [-0.1, -0.05) is 0 Å². The zero-order valence-corrected chi connectivity index (χ0v) is 9.50. The van der Waals surface area contributed by atoms with E-state index in [4.69, 9.17) is 0 Å². The van der Waals surface area contributed by atoms with E-state index in [1.807, 2.05) is 0 Å². The highest BCUT2D eigenvalue weighted by atomic mass is 19.4. The molecule has 0 aliphatic carbocycles. The van der Waals surface area contributed by atoms with Crippen LogP contribution in [0.1, 0.15) is 5.56 Å². The monoisotopic (exact) mass is 278 g/mol. The molecule has 2 aromatic rings. The Kier molecular flexibility index (Phi) is 3.17. The molecule has 0 N–H and O–H groups in total. The number of aromatic nitrogens is 2. The SMILES string of the molecule is COc1cc(F)c(-n2cc(C(F)(F)F)cn2)c(F)c1. The van der Waals surface area contributed by atoms with Gasteiger partial charge < -0.3 is 4.74 Å².